The third-order valence-corrected chi connectivity index (χ3v) is 8.34. The van der Waals surface area contributed by atoms with Crippen molar-refractivity contribution < 1.29 is 15.1 Å². The number of aliphatic hydroxyl groups is 1. The van der Waals surface area contributed by atoms with Gasteiger partial charge in [0.1, 0.15) is 5.71 Å². The van der Waals surface area contributed by atoms with Gasteiger partial charge in [0.05, 0.1) is 6.10 Å². The zero-order chi connectivity index (χ0) is 16.4. The lowest BCUT2D eigenvalue weighted by molar-refractivity contribution is -0.141. The molecule has 4 aliphatic rings. The van der Waals surface area contributed by atoms with Crippen molar-refractivity contribution in [2.75, 3.05) is 0 Å². The molecule has 0 radical (unpaired) electrons. The Morgan fingerprint density at radius 1 is 1.09 bits per heavy atom. The largest absolute Gasteiger partial charge is 0.411 e. The maximum absolute atomic E-state index is 12.6. The van der Waals surface area contributed by atoms with E-state index in [1.54, 1.807) is 0 Å². The molecule has 7 atom stereocenters. The van der Waals surface area contributed by atoms with Gasteiger partial charge in [-0.25, -0.2) is 0 Å². The monoisotopic (exact) mass is 319 g/mol. The van der Waals surface area contributed by atoms with Crippen molar-refractivity contribution in [3.8, 4) is 0 Å². The Balaban J connectivity index is 1.66. The molecule has 4 heteroatoms. The van der Waals surface area contributed by atoms with Gasteiger partial charge in [-0.15, -0.1) is 0 Å². The van der Waals surface area contributed by atoms with Crippen LogP contribution in [0.2, 0.25) is 0 Å². The van der Waals surface area contributed by atoms with Gasteiger partial charge in [0, 0.05) is 11.8 Å². The zero-order valence-corrected chi connectivity index (χ0v) is 14.3. The number of rotatable bonds is 0. The van der Waals surface area contributed by atoms with Crippen LogP contribution in [0.5, 0.6) is 0 Å². The van der Waals surface area contributed by atoms with Gasteiger partial charge in [0.15, 0.2) is 5.78 Å². The molecule has 0 bridgehead atoms. The summed E-state index contributed by atoms with van der Waals surface area (Å²) in [5, 5.41) is 22.6. The van der Waals surface area contributed by atoms with E-state index in [2.05, 4.69) is 19.0 Å². The summed E-state index contributed by atoms with van der Waals surface area (Å²) in [6, 6.07) is 0. The lowest BCUT2D eigenvalue weighted by Gasteiger charge is -2.59. The Morgan fingerprint density at radius 3 is 2.61 bits per heavy atom. The molecule has 0 aromatic carbocycles. The summed E-state index contributed by atoms with van der Waals surface area (Å²) in [6.07, 6.45) is 7.97. The SMILES string of the molecule is C[C@]12CC[C@@H](O)C[C@@H]1CC[C@H]1[C@H]3C/C(=N\O)C(=O)[C@]3(C)CC[C@@H]12. The molecule has 0 heterocycles. The van der Waals surface area contributed by atoms with Crippen LogP contribution in [0.15, 0.2) is 5.16 Å². The smallest absolute Gasteiger partial charge is 0.186 e. The number of carbonyl (C=O) groups excluding carboxylic acids is 1. The van der Waals surface area contributed by atoms with Crippen molar-refractivity contribution in [2.24, 2.45) is 39.7 Å². The van der Waals surface area contributed by atoms with E-state index in [0.717, 1.165) is 32.1 Å². The molecule has 4 aliphatic carbocycles. The highest BCUT2D eigenvalue weighted by molar-refractivity contribution is 6.43. The molecule has 2 N–H and O–H groups in total. The quantitative estimate of drug-likeness (QED) is 0.531. The first-order valence-electron chi connectivity index (χ1n) is 9.34. The molecule has 4 fully saturated rings. The molecule has 0 saturated heterocycles. The normalized spacial score (nSPS) is 54.5. The van der Waals surface area contributed by atoms with Crippen molar-refractivity contribution in [1.29, 1.82) is 0 Å². The van der Waals surface area contributed by atoms with E-state index in [-0.39, 0.29) is 17.3 Å². The third-order valence-electron chi connectivity index (χ3n) is 8.34. The Hall–Kier alpha value is -0.900. The number of fused-ring (bicyclic) bond motifs is 5. The van der Waals surface area contributed by atoms with E-state index in [9.17, 15) is 15.1 Å². The third kappa shape index (κ3) is 2.00. The van der Waals surface area contributed by atoms with Gasteiger partial charge in [-0.2, -0.15) is 0 Å². The standard InChI is InChI=1S/C19H29NO3/c1-18-7-5-12(21)9-11(18)3-4-13-14(18)6-8-19(2)15(13)10-16(20-23)17(19)22/h11-15,21,23H,3-10H2,1-2H3/b20-16+/t11-,12+,13+,14-,15+,18-,19+/m0/s1. The van der Waals surface area contributed by atoms with Crippen molar-refractivity contribution in [2.45, 2.75) is 71.3 Å². The summed E-state index contributed by atoms with van der Waals surface area (Å²) < 4.78 is 0. The van der Waals surface area contributed by atoms with Gasteiger partial charge < -0.3 is 10.3 Å². The fourth-order valence-electron chi connectivity index (χ4n) is 6.93. The molecular weight excluding hydrogens is 290 g/mol. The summed E-state index contributed by atoms with van der Waals surface area (Å²) in [6.45, 7) is 4.55. The second kappa shape index (κ2) is 5.05. The summed E-state index contributed by atoms with van der Waals surface area (Å²) >= 11 is 0. The van der Waals surface area contributed by atoms with Crippen LogP contribution in [0.3, 0.4) is 0 Å². The van der Waals surface area contributed by atoms with Crippen LogP contribution in [0.1, 0.15) is 65.2 Å². The minimum absolute atomic E-state index is 0.0924. The van der Waals surface area contributed by atoms with E-state index < -0.39 is 0 Å². The molecule has 0 spiro atoms. The minimum Gasteiger partial charge on any atom is -0.411 e. The summed E-state index contributed by atoms with van der Waals surface area (Å²) in [4.78, 5) is 12.6. The van der Waals surface area contributed by atoms with Crippen molar-refractivity contribution in [3.63, 3.8) is 0 Å². The fourth-order valence-corrected chi connectivity index (χ4v) is 6.93. The van der Waals surface area contributed by atoms with E-state index in [0.29, 0.717) is 41.2 Å². The topological polar surface area (TPSA) is 69.9 Å². The molecule has 4 saturated carbocycles. The van der Waals surface area contributed by atoms with Crippen molar-refractivity contribution in [1.82, 2.24) is 0 Å². The number of oxime groups is 1. The van der Waals surface area contributed by atoms with Gasteiger partial charge >= 0.3 is 0 Å². The van der Waals surface area contributed by atoms with Gasteiger partial charge in [0.2, 0.25) is 0 Å². The molecule has 128 valence electrons. The maximum atomic E-state index is 12.6. The van der Waals surface area contributed by atoms with E-state index in [1.807, 2.05) is 0 Å². The molecule has 0 unspecified atom stereocenters. The van der Waals surface area contributed by atoms with Gasteiger partial charge in [-0.05, 0) is 74.0 Å². The number of Topliss-reactive ketones (excluding diaryl/α,β-unsaturated/α-hetero) is 1. The Kier molecular flexibility index (Phi) is 3.43. The lowest BCUT2D eigenvalue weighted by atomic mass is 9.45. The lowest BCUT2D eigenvalue weighted by Crippen LogP contribution is -2.54. The van der Waals surface area contributed by atoms with Crippen LogP contribution in [0.25, 0.3) is 0 Å². The van der Waals surface area contributed by atoms with Gasteiger partial charge in [0.25, 0.3) is 0 Å². The minimum atomic E-state index is -0.305. The predicted octanol–water partition coefficient (Wildman–Crippen LogP) is 3.40. The van der Waals surface area contributed by atoms with Crippen LogP contribution in [0, 0.1) is 34.5 Å². The zero-order valence-electron chi connectivity index (χ0n) is 14.3. The Labute approximate surface area is 138 Å². The van der Waals surface area contributed by atoms with Gasteiger partial charge in [-0.1, -0.05) is 19.0 Å². The average Bonchev–Trinajstić information content (AvgIpc) is 2.79. The van der Waals surface area contributed by atoms with Crippen LogP contribution >= 0.6 is 0 Å². The highest BCUT2D eigenvalue weighted by atomic mass is 16.4. The molecule has 0 aromatic heterocycles. The molecule has 0 amide bonds. The fraction of sp³-hybridized carbons (Fsp3) is 0.895. The first kappa shape index (κ1) is 15.6. The van der Waals surface area contributed by atoms with Crippen LogP contribution in [0.4, 0.5) is 0 Å². The molecule has 0 aromatic rings. The van der Waals surface area contributed by atoms with Crippen LogP contribution in [-0.2, 0) is 4.79 Å². The highest BCUT2D eigenvalue weighted by Gasteiger charge is 2.61. The van der Waals surface area contributed by atoms with Crippen molar-refractivity contribution in [3.05, 3.63) is 0 Å². The maximum Gasteiger partial charge on any atom is 0.186 e. The van der Waals surface area contributed by atoms with E-state index >= 15 is 0 Å². The Morgan fingerprint density at radius 2 is 1.87 bits per heavy atom. The summed E-state index contributed by atoms with van der Waals surface area (Å²) in [7, 11) is 0. The number of nitrogens with zero attached hydrogens (tertiary/aromatic N) is 1. The average molecular weight is 319 g/mol. The highest BCUT2D eigenvalue weighted by Crippen LogP contribution is 2.65. The number of hydrogen-bond acceptors (Lipinski definition) is 4. The second-order valence-corrected chi connectivity index (χ2v) is 9.12. The number of aliphatic hydroxyl groups excluding tert-OH is 1. The van der Waals surface area contributed by atoms with Gasteiger partial charge in [-0.3, -0.25) is 4.79 Å². The molecular formula is C19H29NO3. The predicted molar refractivity (Wildman–Crippen MR) is 87.3 cm³/mol. The van der Waals surface area contributed by atoms with E-state index in [4.69, 9.17) is 0 Å². The van der Waals surface area contributed by atoms with Crippen LogP contribution in [-0.4, -0.2) is 27.9 Å². The summed E-state index contributed by atoms with van der Waals surface area (Å²) in [5.41, 5.74) is 0.427. The molecule has 4 rings (SSSR count). The van der Waals surface area contributed by atoms with E-state index in [1.165, 1.54) is 12.8 Å². The first-order chi connectivity index (χ1) is 10.9. The van der Waals surface area contributed by atoms with Crippen LogP contribution < -0.4 is 0 Å². The Bertz CT molecular complexity index is 559. The first-order valence-corrected chi connectivity index (χ1v) is 9.34. The number of hydrogen-bond donors (Lipinski definition) is 2. The molecule has 23 heavy (non-hydrogen) atoms. The number of carbonyl (C=O) groups is 1. The number of ketones is 1. The summed E-state index contributed by atoms with van der Waals surface area (Å²) in [5.74, 6) is 2.32. The van der Waals surface area contributed by atoms with Crippen molar-refractivity contribution >= 4 is 11.5 Å². The molecule has 0 aliphatic heterocycles. The second-order valence-electron chi connectivity index (χ2n) is 9.12. The molecule has 4 nitrogen and oxygen atoms in total.